The summed E-state index contributed by atoms with van der Waals surface area (Å²) in [5.41, 5.74) is 1.15. The molecular formula is C16H22N4O2S. The number of likely N-dealkylation sites (N-methyl/N-ethyl adjacent to an activating group) is 1. The summed E-state index contributed by atoms with van der Waals surface area (Å²) >= 11 is 1.34. The molecule has 1 aromatic carbocycles. The number of nitrogens with zero attached hydrogens (tertiary/aromatic N) is 3. The Hall–Kier alpha value is -2.04. The maximum absolute atomic E-state index is 12.0. The van der Waals surface area contributed by atoms with E-state index >= 15 is 0 Å². The van der Waals surface area contributed by atoms with Crippen molar-refractivity contribution in [1.29, 1.82) is 5.26 Å². The third-order valence-electron chi connectivity index (χ3n) is 3.22. The first-order valence-electron chi connectivity index (χ1n) is 7.41. The van der Waals surface area contributed by atoms with Crippen molar-refractivity contribution in [2.75, 3.05) is 32.5 Å². The molecule has 0 aliphatic carbocycles. The predicted octanol–water partition coefficient (Wildman–Crippen LogP) is 2.61. The molecule has 0 atom stereocenters. The second-order valence-corrected chi connectivity index (χ2v) is 5.36. The van der Waals surface area contributed by atoms with E-state index in [1.54, 1.807) is 24.3 Å². The normalized spacial score (nSPS) is 11.2. The van der Waals surface area contributed by atoms with Crippen LogP contribution in [-0.4, -0.2) is 48.5 Å². The number of hydrogen-bond donors (Lipinski definition) is 1. The first-order valence-corrected chi connectivity index (χ1v) is 8.64. The van der Waals surface area contributed by atoms with E-state index in [1.807, 2.05) is 12.4 Å². The largest absolute Gasteiger partial charge is 0.461 e. The summed E-state index contributed by atoms with van der Waals surface area (Å²) in [4.78, 5) is 18.4. The van der Waals surface area contributed by atoms with Gasteiger partial charge in [-0.3, -0.25) is 5.32 Å². The first kappa shape index (κ1) is 19.0. The molecule has 1 N–H and O–H groups in total. The van der Waals surface area contributed by atoms with E-state index in [0.717, 1.165) is 19.6 Å². The summed E-state index contributed by atoms with van der Waals surface area (Å²) in [6, 6.07) is 6.78. The summed E-state index contributed by atoms with van der Waals surface area (Å²) in [5.74, 6) is -0.340. The van der Waals surface area contributed by atoms with Crippen LogP contribution in [0.2, 0.25) is 0 Å². The number of ether oxygens (including phenoxy) is 1. The smallest absolute Gasteiger partial charge is 0.338 e. The molecule has 0 amide bonds. The van der Waals surface area contributed by atoms with Crippen LogP contribution in [-0.2, 0) is 4.74 Å². The molecule has 23 heavy (non-hydrogen) atoms. The lowest BCUT2D eigenvalue weighted by Gasteiger charge is -2.17. The number of nitrogens with one attached hydrogen (secondary N) is 1. The Bertz CT molecular complexity index is 562. The summed E-state index contributed by atoms with van der Waals surface area (Å²) in [6.07, 6.45) is 3.65. The second-order valence-electron chi connectivity index (χ2n) is 4.57. The molecule has 0 fully saturated rings. The van der Waals surface area contributed by atoms with Crippen LogP contribution >= 0.6 is 11.8 Å². The highest BCUT2D eigenvalue weighted by Crippen LogP contribution is 2.15. The van der Waals surface area contributed by atoms with Crippen molar-refractivity contribution < 1.29 is 9.53 Å². The van der Waals surface area contributed by atoms with Crippen molar-refractivity contribution >= 4 is 28.6 Å². The van der Waals surface area contributed by atoms with Crippen molar-refractivity contribution in [1.82, 2.24) is 10.2 Å². The van der Waals surface area contributed by atoms with Crippen molar-refractivity contribution in [3.05, 3.63) is 29.8 Å². The van der Waals surface area contributed by atoms with E-state index in [9.17, 15) is 4.79 Å². The van der Waals surface area contributed by atoms with Gasteiger partial charge >= 0.3 is 5.97 Å². The molecule has 0 unspecified atom stereocenters. The first-order chi connectivity index (χ1) is 11.1. The van der Waals surface area contributed by atoms with Crippen molar-refractivity contribution in [2.45, 2.75) is 13.8 Å². The maximum Gasteiger partial charge on any atom is 0.338 e. The van der Waals surface area contributed by atoms with Crippen LogP contribution in [0.25, 0.3) is 0 Å². The van der Waals surface area contributed by atoms with E-state index in [1.165, 1.54) is 11.8 Å². The van der Waals surface area contributed by atoms with Gasteiger partial charge < -0.3 is 9.64 Å². The Labute approximate surface area is 141 Å². The number of carbonyl (C=O) groups is 1. The lowest BCUT2D eigenvalue weighted by atomic mass is 10.2. The molecule has 1 aromatic rings. The number of aliphatic imine (C=N–C) groups is 1. The molecule has 0 saturated heterocycles. The zero-order valence-electron chi connectivity index (χ0n) is 13.7. The molecule has 6 nitrogen and oxygen atoms in total. The number of amidine groups is 1. The topological polar surface area (TPSA) is 77.7 Å². The van der Waals surface area contributed by atoms with Gasteiger partial charge in [-0.2, -0.15) is 5.26 Å². The Morgan fingerprint density at radius 3 is 2.52 bits per heavy atom. The van der Waals surface area contributed by atoms with Gasteiger partial charge in [0, 0.05) is 6.54 Å². The van der Waals surface area contributed by atoms with Gasteiger partial charge in [-0.05, 0) is 43.6 Å². The number of rotatable bonds is 7. The zero-order chi connectivity index (χ0) is 17.1. The van der Waals surface area contributed by atoms with E-state index in [0.29, 0.717) is 23.0 Å². The third-order valence-corrected chi connectivity index (χ3v) is 3.80. The van der Waals surface area contributed by atoms with E-state index in [-0.39, 0.29) is 5.97 Å². The van der Waals surface area contributed by atoms with Gasteiger partial charge in [0.2, 0.25) is 0 Å². The van der Waals surface area contributed by atoms with E-state index < -0.39 is 0 Å². The standard InChI is InChI=1S/C16H22N4O2S/c1-4-20(5-2)10-11-22-15(21)13-6-8-14(9-7-13)19-16(23-3)18-12-17/h6-9H,4-5,10-11H2,1-3H3,(H,18,19). The number of hydrogen-bond acceptors (Lipinski definition) is 6. The number of nitriles is 1. The molecule has 0 bridgehead atoms. The molecule has 0 aliphatic rings. The van der Waals surface area contributed by atoms with Gasteiger partial charge in [-0.15, -0.1) is 0 Å². The number of carbonyl (C=O) groups excluding carboxylic acids is 1. The molecule has 0 aromatic heterocycles. The average molecular weight is 334 g/mol. The predicted molar refractivity (Wildman–Crippen MR) is 93.9 cm³/mol. The number of thioether (sulfide) groups is 1. The monoisotopic (exact) mass is 334 g/mol. The summed E-state index contributed by atoms with van der Waals surface area (Å²) in [6.45, 7) is 7.15. The quantitative estimate of drug-likeness (QED) is 0.271. The van der Waals surface area contributed by atoms with Gasteiger partial charge in [-0.25, -0.2) is 9.79 Å². The highest BCUT2D eigenvalue weighted by atomic mass is 32.2. The SMILES string of the molecule is CCN(CC)CCOC(=O)c1ccc(N=C(NC#N)SC)cc1. The molecular weight excluding hydrogens is 312 g/mol. The lowest BCUT2D eigenvalue weighted by molar-refractivity contribution is 0.0466. The van der Waals surface area contributed by atoms with Crippen LogP contribution in [0.1, 0.15) is 24.2 Å². The minimum Gasteiger partial charge on any atom is -0.461 e. The maximum atomic E-state index is 12.0. The number of esters is 1. The minimum atomic E-state index is -0.340. The Morgan fingerprint density at radius 2 is 2.00 bits per heavy atom. The van der Waals surface area contributed by atoms with Crippen LogP contribution in [0, 0.1) is 11.5 Å². The Balaban J connectivity index is 2.59. The van der Waals surface area contributed by atoms with Crippen LogP contribution < -0.4 is 5.32 Å². The molecule has 0 aliphatic heterocycles. The second kappa shape index (κ2) is 10.6. The van der Waals surface area contributed by atoms with Crippen LogP contribution in [0.3, 0.4) is 0 Å². The fraction of sp³-hybridized carbons (Fsp3) is 0.438. The summed E-state index contributed by atoms with van der Waals surface area (Å²) < 4.78 is 5.27. The molecule has 0 heterocycles. The van der Waals surface area contributed by atoms with Crippen molar-refractivity contribution in [3.8, 4) is 6.19 Å². The van der Waals surface area contributed by atoms with Crippen LogP contribution in [0.4, 0.5) is 5.69 Å². The van der Waals surface area contributed by atoms with Gasteiger partial charge in [0.05, 0.1) is 11.3 Å². The minimum absolute atomic E-state index is 0.340. The van der Waals surface area contributed by atoms with Gasteiger partial charge in [0.15, 0.2) is 11.4 Å². The summed E-state index contributed by atoms with van der Waals surface area (Å²) in [7, 11) is 0. The lowest BCUT2D eigenvalue weighted by Crippen LogP contribution is -2.27. The highest BCUT2D eigenvalue weighted by Gasteiger charge is 2.08. The zero-order valence-corrected chi connectivity index (χ0v) is 14.5. The Kier molecular flexibility index (Phi) is 8.80. The van der Waals surface area contributed by atoms with E-state index in [2.05, 4.69) is 29.1 Å². The summed E-state index contributed by atoms with van der Waals surface area (Å²) in [5, 5.41) is 11.6. The number of benzene rings is 1. The van der Waals surface area contributed by atoms with Crippen molar-refractivity contribution in [2.24, 2.45) is 4.99 Å². The molecule has 0 saturated carbocycles. The van der Waals surface area contributed by atoms with E-state index in [4.69, 9.17) is 10.00 Å². The van der Waals surface area contributed by atoms with Crippen LogP contribution in [0.5, 0.6) is 0 Å². The average Bonchev–Trinajstić information content (AvgIpc) is 2.58. The van der Waals surface area contributed by atoms with Gasteiger partial charge in [0.25, 0.3) is 0 Å². The van der Waals surface area contributed by atoms with Crippen molar-refractivity contribution in [3.63, 3.8) is 0 Å². The molecule has 1 rings (SSSR count). The van der Waals surface area contributed by atoms with Gasteiger partial charge in [0.1, 0.15) is 6.61 Å². The highest BCUT2D eigenvalue weighted by molar-refractivity contribution is 8.13. The van der Waals surface area contributed by atoms with Crippen LogP contribution in [0.15, 0.2) is 29.3 Å². The fourth-order valence-corrected chi connectivity index (χ4v) is 2.20. The molecule has 0 spiro atoms. The Morgan fingerprint density at radius 1 is 1.35 bits per heavy atom. The van der Waals surface area contributed by atoms with Gasteiger partial charge in [-0.1, -0.05) is 25.6 Å². The molecule has 124 valence electrons. The third kappa shape index (κ3) is 6.72. The fourth-order valence-electron chi connectivity index (χ4n) is 1.85. The molecule has 7 heteroatoms. The molecule has 0 radical (unpaired) electrons.